The maximum Gasteiger partial charge on any atom is 0.311 e. The number of nitrogens with one attached hydrogen (secondary N) is 1. The second-order valence-corrected chi connectivity index (χ2v) is 3.07. The number of amides is 1. The van der Waals surface area contributed by atoms with Crippen LogP contribution in [0.15, 0.2) is 18.2 Å². The van der Waals surface area contributed by atoms with E-state index < -0.39 is 4.92 Å². The van der Waals surface area contributed by atoms with E-state index in [1.807, 2.05) is 0 Å². The molecule has 0 radical (unpaired) electrons. The van der Waals surface area contributed by atoms with Gasteiger partial charge >= 0.3 is 5.69 Å². The monoisotopic (exact) mass is 240 g/mol. The summed E-state index contributed by atoms with van der Waals surface area (Å²) in [7, 11) is 2.87. The lowest BCUT2D eigenvalue weighted by Crippen LogP contribution is -2.18. The molecule has 1 rings (SSSR count). The molecule has 1 amide bonds. The molecule has 0 unspecified atom stereocenters. The van der Waals surface area contributed by atoms with Gasteiger partial charge in [0.2, 0.25) is 5.75 Å². The Hall–Kier alpha value is -2.15. The van der Waals surface area contributed by atoms with Crippen molar-refractivity contribution in [2.75, 3.05) is 21.0 Å². The molecule has 17 heavy (non-hydrogen) atoms. The van der Waals surface area contributed by atoms with Gasteiger partial charge in [0.15, 0.2) is 6.79 Å². The molecule has 0 aromatic heterocycles. The van der Waals surface area contributed by atoms with Crippen LogP contribution in [-0.4, -0.2) is 31.8 Å². The van der Waals surface area contributed by atoms with Crippen molar-refractivity contribution in [2.24, 2.45) is 0 Å². The van der Waals surface area contributed by atoms with Crippen LogP contribution in [0.1, 0.15) is 10.4 Å². The molecule has 0 atom stereocenters. The standard InChI is InChI=1S/C10H12N2O5/c1-11-10(13)7-3-4-8(12(14)15)9(5-7)17-6-16-2/h3-5H,6H2,1-2H3,(H,11,13). The Bertz CT molecular complexity index is 433. The molecular weight excluding hydrogens is 228 g/mol. The van der Waals surface area contributed by atoms with Gasteiger partial charge in [-0.1, -0.05) is 0 Å². The Morgan fingerprint density at radius 1 is 1.53 bits per heavy atom. The number of hydrogen-bond donors (Lipinski definition) is 1. The summed E-state index contributed by atoms with van der Waals surface area (Å²) in [6.07, 6.45) is 0. The molecule has 1 aromatic carbocycles. The summed E-state index contributed by atoms with van der Waals surface area (Å²) in [5.74, 6) is -0.347. The fourth-order valence-electron chi connectivity index (χ4n) is 1.19. The third kappa shape index (κ3) is 3.15. The average molecular weight is 240 g/mol. The summed E-state index contributed by atoms with van der Waals surface area (Å²) >= 11 is 0. The zero-order chi connectivity index (χ0) is 12.8. The van der Waals surface area contributed by atoms with Crippen molar-refractivity contribution >= 4 is 11.6 Å². The number of carbonyl (C=O) groups excluding carboxylic acids is 1. The predicted octanol–water partition coefficient (Wildman–Crippen LogP) is 0.937. The SMILES string of the molecule is CNC(=O)c1ccc([N+](=O)[O-])c(OCOC)c1. The first-order valence-corrected chi connectivity index (χ1v) is 4.72. The molecule has 0 bridgehead atoms. The van der Waals surface area contributed by atoms with Crippen molar-refractivity contribution in [2.45, 2.75) is 0 Å². The lowest BCUT2D eigenvalue weighted by Gasteiger charge is -2.07. The van der Waals surface area contributed by atoms with Crippen LogP contribution in [0.25, 0.3) is 0 Å². The third-order valence-electron chi connectivity index (χ3n) is 1.98. The van der Waals surface area contributed by atoms with Crippen LogP contribution >= 0.6 is 0 Å². The van der Waals surface area contributed by atoms with E-state index in [0.717, 1.165) is 0 Å². The number of carbonyl (C=O) groups is 1. The molecule has 0 aliphatic heterocycles. The molecule has 0 saturated carbocycles. The van der Waals surface area contributed by atoms with Gasteiger partial charge in [0.25, 0.3) is 5.91 Å². The van der Waals surface area contributed by atoms with Gasteiger partial charge in [-0.25, -0.2) is 0 Å². The van der Waals surface area contributed by atoms with E-state index in [9.17, 15) is 14.9 Å². The smallest absolute Gasteiger partial charge is 0.311 e. The van der Waals surface area contributed by atoms with E-state index in [1.54, 1.807) is 0 Å². The maximum absolute atomic E-state index is 11.4. The molecule has 0 heterocycles. The summed E-state index contributed by atoms with van der Waals surface area (Å²) in [4.78, 5) is 21.5. The number of nitro groups is 1. The van der Waals surface area contributed by atoms with E-state index in [4.69, 9.17) is 4.74 Å². The van der Waals surface area contributed by atoms with Gasteiger partial charge in [0.05, 0.1) is 4.92 Å². The van der Waals surface area contributed by atoms with Gasteiger partial charge in [-0.3, -0.25) is 14.9 Å². The predicted molar refractivity (Wildman–Crippen MR) is 59.0 cm³/mol. The number of benzene rings is 1. The number of hydrogen-bond acceptors (Lipinski definition) is 5. The van der Waals surface area contributed by atoms with Crippen molar-refractivity contribution in [1.29, 1.82) is 0 Å². The van der Waals surface area contributed by atoms with Gasteiger partial charge in [0, 0.05) is 31.9 Å². The summed E-state index contributed by atoms with van der Waals surface area (Å²) in [6, 6.07) is 3.88. The van der Waals surface area contributed by atoms with Crippen molar-refractivity contribution in [3.8, 4) is 5.75 Å². The Morgan fingerprint density at radius 3 is 2.76 bits per heavy atom. The zero-order valence-corrected chi connectivity index (χ0v) is 9.43. The van der Waals surface area contributed by atoms with E-state index in [2.05, 4.69) is 10.1 Å². The largest absolute Gasteiger partial charge is 0.460 e. The minimum absolute atomic E-state index is 0.00190. The van der Waals surface area contributed by atoms with Crippen LogP contribution in [0.5, 0.6) is 5.75 Å². The first-order chi connectivity index (χ1) is 8.10. The number of nitro benzene ring substituents is 1. The van der Waals surface area contributed by atoms with Crippen LogP contribution in [0.2, 0.25) is 0 Å². The third-order valence-corrected chi connectivity index (χ3v) is 1.98. The highest BCUT2D eigenvalue weighted by atomic mass is 16.7. The minimum atomic E-state index is -0.585. The molecule has 0 aliphatic rings. The van der Waals surface area contributed by atoms with Crippen molar-refractivity contribution in [1.82, 2.24) is 5.32 Å². The Balaban J connectivity index is 3.09. The van der Waals surface area contributed by atoms with Crippen LogP contribution in [0, 0.1) is 10.1 Å². The highest BCUT2D eigenvalue weighted by Gasteiger charge is 2.17. The zero-order valence-electron chi connectivity index (χ0n) is 9.43. The summed E-state index contributed by atoms with van der Waals surface area (Å²) < 4.78 is 9.70. The number of nitrogens with zero attached hydrogens (tertiary/aromatic N) is 1. The Kier molecular flexibility index (Phi) is 4.41. The first-order valence-electron chi connectivity index (χ1n) is 4.72. The van der Waals surface area contributed by atoms with Crippen molar-refractivity contribution in [3.05, 3.63) is 33.9 Å². The normalized spacial score (nSPS) is 9.76. The van der Waals surface area contributed by atoms with Crippen LogP contribution < -0.4 is 10.1 Å². The maximum atomic E-state index is 11.4. The minimum Gasteiger partial charge on any atom is -0.460 e. The fraction of sp³-hybridized carbons (Fsp3) is 0.300. The van der Waals surface area contributed by atoms with E-state index in [0.29, 0.717) is 0 Å². The number of methoxy groups -OCH3 is 1. The van der Waals surface area contributed by atoms with Crippen molar-refractivity contribution < 1.29 is 19.2 Å². The summed E-state index contributed by atoms with van der Waals surface area (Å²) in [5.41, 5.74) is 0.0684. The molecule has 0 aliphatic carbocycles. The number of rotatable bonds is 5. The molecule has 7 nitrogen and oxygen atoms in total. The lowest BCUT2D eigenvalue weighted by atomic mass is 10.2. The molecule has 92 valence electrons. The molecule has 1 aromatic rings. The molecule has 7 heteroatoms. The average Bonchev–Trinajstić information content (AvgIpc) is 2.34. The van der Waals surface area contributed by atoms with E-state index in [1.165, 1.54) is 32.4 Å². The molecule has 1 N–H and O–H groups in total. The first kappa shape index (κ1) is 12.9. The van der Waals surface area contributed by atoms with E-state index >= 15 is 0 Å². The Labute approximate surface area is 97.5 Å². The fourth-order valence-corrected chi connectivity index (χ4v) is 1.19. The van der Waals surface area contributed by atoms with Gasteiger partial charge in [-0.15, -0.1) is 0 Å². The summed E-state index contributed by atoms with van der Waals surface area (Å²) in [5, 5.41) is 13.1. The van der Waals surface area contributed by atoms with Crippen molar-refractivity contribution in [3.63, 3.8) is 0 Å². The summed E-state index contributed by atoms with van der Waals surface area (Å²) in [6.45, 7) is -0.127. The molecule has 0 saturated heterocycles. The second kappa shape index (κ2) is 5.80. The Morgan fingerprint density at radius 2 is 2.24 bits per heavy atom. The number of ether oxygens (including phenoxy) is 2. The van der Waals surface area contributed by atoms with Gasteiger partial charge in [-0.2, -0.15) is 0 Å². The lowest BCUT2D eigenvalue weighted by molar-refractivity contribution is -0.386. The highest BCUT2D eigenvalue weighted by molar-refractivity contribution is 5.94. The highest BCUT2D eigenvalue weighted by Crippen LogP contribution is 2.27. The topological polar surface area (TPSA) is 90.7 Å². The van der Waals surface area contributed by atoms with Gasteiger partial charge < -0.3 is 14.8 Å². The van der Waals surface area contributed by atoms with Crippen LogP contribution in [0.3, 0.4) is 0 Å². The van der Waals surface area contributed by atoms with E-state index in [-0.39, 0.29) is 29.7 Å². The molecular formula is C10H12N2O5. The molecule has 0 spiro atoms. The molecule has 0 fully saturated rings. The van der Waals surface area contributed by atoms with Gasteiger partial charge in [-0.05, 0) is 6.07 Å². The quantitative estimate of drug-likeness (QED) is 0.469. The van der Waals surface area contributed by atoms with Crippen LogP contribution in [0.4, 0.5) is 5.69 Å². The van der Waals surface area contributed by atoms with Gasteiger partial charge in [0.1, 0.15) is 0 Å². The second-order valence-electron chi connectivity index (χ2n) is 3.07. The van der Waals surface area contributed by atoms with Crippen LogP contribution in [-0.2, 0) is 4.74 Å².